The van der Waals surface area contributed by atoms with Gasteiger partial charge in [0.2, 0.25) is 0 Å². The summed E-state index contributed by atoms with van der Waals surface area (Å²) in [5.74, 6) is -0.0491. The van der Waals surface area contributed by atoms with Crippen LogP contribution in [0.4, 0.5) is 12.9 Å². The zero-order valence-electron chi connectivity index (χ0n) is 10.8. The SMILES string of the molecule is F[B-](F)(F)c1ccccc1OCCN1CCCCC1. The van der Waals surface area contributed by atoms with E-state index in [1.54, 1.807) is 6.07 Å². The van der Waals surface area contributed by atoms with Crippen molar-refractivity contribution in [3.63, 3.8) is 0 Å². The molecule has 0 unspecified atom stereocenters. The van der Waals surface area contributed by atoms with E-state index in [0.717, 1.165) is 19.2 Å². The van der Waals surface area contributed by atoms with Gasteiger partial charge in [0.05, 0.1) is 5.75 Å². The van der Waals surface area contributed by atoms with Crippen molar-refractivity contribution in [2.45, 2.75) is 19.3 Å². The minimum atomic E-state index is -5.01. The summed E-state index contributed by atoms with van der Waals surface area (Å²) in [6.45, 7) is -1.96. The van der Waals surface area contributed by atoms with Crippen molar-refractivity contribution in [2.75, 3.05) is 26.2 Å². The Morgan fingerprint density at radius 2 is 1.74 bits per heavy atom. The van der Waals surface area contributed by atoms with Gasteiger partial charge in [0.1, 0.15) is 6.61 Å². The second kappa shape index (κ2) is 6.32. The zero-order valence-corrected chi connectivity index (χ0v) is 10.8. The molecule has 6 heteroatoms. The molecule has 0 bridgehead atoms. The second-order valence-corrected chi connectivity index (χ2v) is 4.86. The number of likely N-dealkylation sites (tertiary alicyclic amines) is 1. The number of benzene rings is 1. The summed E-state index contributed by atoms with van der Waals surface area (Å²) >= 11 is 0. The fraction of sp³-hybridized carbons (Fsp3) is 0.538. The third kappa shape index (κ3) is 4.16. The number of rotatable bonds is 5. The van der Waals surface area contributed by atoms with E-state index in [-0.39, 0.29) is 5.75 Å². The molecule has 1 heterocycles. The molecule has 2 nitrogen and oxygen atoms in total. The lowest BCUT2D eigenvalue weighted by molar-refractivity contribution is 0.183. The largest absolute Gasteiger partial charge is 0.513 e. The van der Waals surface area contributed by atoms with Crippen LogP contribution in [-0.2, 0) is 0 Å². The van der Waals surface area contributed by atoms with Gasteiger partial charge in [-0.15, -0.1) is 0 Å². The molecule has 0 aliphatic carbocycles. The first kappa shape index (κ1) is 14.2. The van der Waals surface area contributed by atoms with Crippen LogP contribution in [-0.4, -0.2) is 38.1 Å². The molecule has 106 valence electrons. The van der Waals surface area contributed by atoms with Crippen molar-refractivity contribution in [1.29, 1.82) is 0 Å². The van der Waals surface area contributed by atoms with E-state index in [1.165, 1.54) is 31.4 Å². The van der Waals surface area contributed by atoms with Gasteiger partial charge in [-0.1, -0.05) is 30.1 Å². The van der Waals surface area contributed by atoms with Gasteiger partial charge >= 0.3 is 6.98 Å². The Morgan fingerprint density at radius 1 is 1.05 bits per heavy atom. The van der Waals surface area contributed by atoms with Crippen LogP contribution in [0.25, 0.3) is 0 Å². The molecule has 0 N–H and O–H groups in total. The number of hydrogen-bond acceptors (Lipinski definition) is 2. The Morgan fingerprint density at radius 3 is 2.42 bits per heavy atom. The highest BCUT2D eigenvalue weighted by atomic mass is 19.4. The standard InChI is InChI=1S/C13H18BF3NO/c15-14(16,17)12-6-2-3-7-13(12)19-11-10-18-8-4-1-5-9-18/h2-3,6-7H,1,4-5,8-11H2/q-1. The fourth-order valence-electron chi connectivity index (χ4n) is 2.35. The highest BCUT2D eigenvalue weighted by Gasteiger charge is 2.28. The molecule has 1 fully saturated rings. The van der Waals surface area contributed by atoms with Crippen molar-refractivity contribution in [2.24, 2.45) is 0 Å². The smallest absolute Gasteiger partial charge is 0.495 e. The van der Waals surface area contributed by atoms with E-state index in [1.807, 2.05) is 0 Å². The monoisotopic (exact) mass is 272 g/mol. The molecule has 1 saturated heterocycles. The molecule has 2 rings (SSSR count). The minimum absolute atomic E-state index is 0.0491. The van der Waals surface area contributed by atoms with Gasteiger partial charge < -0.3 is 17.7 Å². The third-order valence-corrected chi connectivity index (χ3v) is 3.39. The molecule has 1 aromatic rings. The molecule has 0 spiro atoms. The van der Waals surface area contributed by atoms with Crippen LogP contribution < -0.4 is 10.2 Å². The maximum Gasteiger partial charge on any atom is 0.513 e. The third-order valence-electron chi connectivity index (χ3n) is 3.39. The Hall–Kier alpha value is -1.17. The number of halogens is 3. The molecule has 0 saturated carbocycles. The molecule has 0 atom stereocenters. The Balaban J connectivity index is 1.88. The van der Waals surface area contributed by atoms with E-state index in [0.29, 0.717) is 13.2 Å². The normalized spacial score (nSPS) is 17.4. The summed E-state index contributed by atoms with van der Waals surface area (Å²) in [6, 6.07) is 5.43. The van der Waals surface area contributed by atoms with Crippen LogP contribution in [0.1, 0.15) is 19.3 Å². The average molecular weight is 272 g/mol. The highest BCUT2D eigenvalue weighted by Crippen LogP contribution is 2.17. The molecule has 0 amide bonds. The van der Waals surface area contributed by atoms with Crippen LogP contribution in [0.15, 0.2) is 24.3 Å². The molecule has 19 heavy (non-hydrogen) atoms. The first-order valence-electron chi connectivity index (χ1n) is 6.71. The predicted molar refractivity (Wildman–Crippen MR) is 70.9 cm³/mol. The summed E-state index contributed by atoms with van der Waals surface area (Å²) in [6.07, 6.45) is 3.58. The van der Waals surface area contributed by atoms with Crippen molar-refractivity contribution in [1.82, 2.24) is 4.90 Å². The van der Waals surface area contributed by atoms with Gasteiger partial charge in [0.15, 0.2) is 0 Å². The van der Waals surface area contributed by atoms with Crippen LogP contribution in [0.3, 0.4) is 0 Å². The minimum Gasteiger partial charge on any atom is -0.495 e. The van der Waals surface area contributed by atoms with Crippen molar-refractivity contribution in [3.05, 3.63) is 24.3 Å². The van der Waals surface area contributed by atoms with Crippen LogP contribution in [0, 0.1) is 0 Å². The van der Waals surface area contributed by atoms with E-state index >= 15 is 0 Å². The van der Waals surface area contributed by atoms with Crippen LogP contribution in [0.5, 0.6) is 5.75 Å². The number of nitrogens with zero attached hydrogens (tertiary/aromatic N) is 1. The summed E-state index contributed by atoms with van der Waals surface area (Å²) in [5, 5.41) is 0. The summed E-state index contributed by atoms with van der Waals surface area (Å²) < 4.78 is 43.7. The Bertz CT molecular complexity index is 405. The lowest BCUT2D eigenvalue weighted by atomic mass is 9.79. The van der Waals surface area contributed by atoms with Gasteiger partial charge in [-0.25, -0.2) is 0 Å². The summed E-state index contributed by atoms with van der Waals surface area (Å²) in [7, 11) is 0. The maximum atomic E-state index is 12.8. The van der Waals surface area contributed by atoms with Gasteiger partial charge in [-0.05, 0) is 32.0 Å². The molecular weight excluding hydrogens is 254 g/mol. The molecule has 1 aromatic carbocycles. The Labute approximate surface area is 111 Å². The summed E-state index contributed by atoms with van der Waals surface area (Å²) in [4.78, 5) is 2.24. The molecule has 0 aromatic heterocycles. The lowest BCUT2D eigenvalue weighted by Gasteiger charge is -2.27. The average Bonchev–Trinajstić information content (AvgIpc) is 2.39. The van der Waals surface area contributed by atoms with Crippen LogP contribution >= 0.6 is 0 Å². The first-order chi connectivity index (χ1) is 9.07. The summed E-state index contributed by atoms with van der Waals surface area (Å²) in [5.41, 5.74) is -0.638. The molecule has 0 radical (unpaired) electrons. The second-order valence-electron chi connectivity index (χ2n) is 4.86. The van der Waals surface area contributed by atoms with Crippen molar-refractivity contribution in [3.8, 4) is 5.75 Å². The van der Waals surface area contributed by atoms with Gasteiger partial charge in [0, 0.05) is 6.54 Å². The highest BCUT2D eigenvalue weighted by molar-refractivity contribution is 6.74. The number of hydrogen-bond donors (Lipinski definition) is 0. The lowest BCUT2D eigenvalue weighted by Crippen LogP contribution is -2.37. The van der Waals surface area contributed by atoms with Crippen molar-refractivity contribution >= 4 is 12.4 Å². The van der Waals surface area contributed by atoms with Gasteiger partial charge in [-0.2, -0.15) is 0 Å². The fourth-order valence-corrected chi connectivity index (χ4v) is 2.35. The first-order valence-corrected chi connectivity index (χ1v) is 6.71. The topological polar surface area (TPSA) is 12.5 Å². The van der Waals surface area contributed by atoms with E-state index in [9.17, 15) is 12.9 Å². The Kier molecular flexibility index (Phi) is 4.74. The number of piperidine rings is 1. The van der Waals surface area contributed by atoms with E-state index in [4.69, 9.17) is 4.74 Å². The van der Waals surface area contributed by atoms with Gasteiger partial charge in [-0.3, -0.25) is 4.90 Å². The molecule has 1 aliphatic heterocycles. The van der Waals surface area contributed by atoms with Gasteiger partial charge in [0.25, 0.3) is 0 Å². The van der Waals surface area contributed by atoms with Crippen LogP contribution in [0.2, 0.25) is 0 Å². The van der Waals surface area contributed by atoms with Crippen molar-refractivity contribution < 1.29 is 17.7 Å². The van der Waals surface area contributed by atoms with E-state index in [2.05, 4.69) is 4.90 Å². The quantitative estimate of drug-likeness (QED) is 0.764. The predicted octanol–water partition coefficient (Wildman–Crippen LogP) is 2.61. The van der Waals surface area contributed by atoms with E-state index < -0.39 is 12.4 Å². The zero-order chi connectivity index (χ0) is 13.7. The molecule has 1 aliphatic rings. The molecular formula is C13H18BF3NO-. The number of para-hydroxylation sites is 1. The number of ether oxygens (including phenoxy) is 1. The maximum absolute atomic E-state index is 12.8.